The second-order valence-electron chi connectivity index (χ2n) is 4.15. The fourth-order valence-corrected chi connectivity index (χ4v) is 2.24. The van der Waals surface area contributed by atoms with Crippen LogP contribution < -0.4 is 11.3 Å². The van der Waals surface area contributed by atoms with Gasteiger partial charge in [-0.3, -0.25) is 9.89 Å². The lowest BCUT2D eigenvalue weighted by molar-refractivity contribution is 0.708. The van der Waals surface area contributed by atoms with E-state index in [9.17, 15) is 4.79 Å². The third kappa shape index (κ3) is 1.30. The maximum absolute atomic E-state index is 12.1. The van der Waals surface area contributed by atoms with Gasteiger partial charge in [-0.2, -0.15) is 9.50 Å². The van der Waals surface area contributed by atoms with Crippen LogP contribution in [0.25, 0.3) is 5.78 Å². The normalized spacial score (nSPS) is 16.0. The standard InChI is InChI=1S/C10H13N5O/c11-9-13-10-12-7-5-3-1-2-4-6(7)8(16)15(10)14-9/h1-5H2,(H3,11,12,13,14). The fraction of sp³-hybridized carbons (Fsp3) is 0.500. The number of aryl methyl sites for hydroxylation is 1. The Labute approximate surface area is 91.5 Å². The van der Waals surface area contributed by atoms with Crippen LogP contribution in [-0.2, 0) is 12.8 Å². The fourth-order valence-electron chi connectivity index (χ4n) is 2.24. The Bertz CT molecular complexity index is 597. The van der Waals surface area contributed by atoms with E-state index in [1.165, 1.54) is 4.52 Å². The van der Waals surface area contributed by atoms with Crippen LogP contribution in [-0.4, -0.2) is 19.6 Å². The first-order valence-corrected chi connectivity index (χ1v) is 5.52. The molecule has 0 radical (unpaired) electrons. The highest BCUT2D eigenvalue weighted by atomic mass is 16.1. The topological polar surface area (TPSA) is 89.1 Å². The number of nitrogens with zero attached hydrogens (tertiary/aromatic N) is 3. The molecule has 2 aromatic heterocycles. The van der Waals surface area contributed by atoms with Gasteiger partial charge < -0.3 is 5.73 Å². The summed E-state index contributed by atoms with van der Waals surface area (Å²) in [5, 5.41) is 2.71. The highest BCUT2D eigenvalue weighted by Gasteiger charge is 2.16. The number of fused-ring (bicyclic) bond motifs is 2. The van der Waals surface area contributed by atoms with Gasteiger partial charge in [-0.25, -0.2) is 4.98 Å². The number of nitrogens with one attached hydrogen (secondary N) is 1. The van der Waals surface area contributed by atoms with Gasteiger partial charge in [0, 0.05) is 5.56 Å². The molecule has 1 aliphatic rings. The van der Waals surface area contributed by atoms with Gasteiger partial charge in [0.05, 0.1) is 5.69 Å². The van der Waals surface area contributed by atoms with Crippen LogP contribution in [0, 0.1) is 0 Å². The lowest BCUT2D eigenvalue weighted by Gasteiger charge is -2.02. The molecule has 2 heterocycles. The zero-order valence-corrected chi connectivity index (χ0v) is 8.86. The van der Waals surface area contributed by atoms with Crippen molar-refractivity contribution in [2.45, 2.75) is 32.1 Å². The molecule has 0 aliphatic heterocycles. The van der Waals surface area contributed by atoms with E-state index in [4.69, 9.17) is 5.73 Å². The van der Waals surface area contributed by atoms with E-state index in [1.807, 2.05) is 0 Å². The van der Waals surface area contributed by atoms with Gasteiger partial charge in [-0.1, -0.05) is 6.42 Å². The van der Waals surface area contributed by atoms with Gasteiger partial charge in [0.2, 0.25) is 5.95 Å². The number of hydrogen-bond donors (Lipinski definition) is 2. The molecular formula is C10H13N5O. The summed E-state index contributed by atoms with van der Waals surface area (Å²) in [6.45, 7) is 0. The number of nitrogens with two attached hydrogens (primary N) is 1. The molecule has 0 atom stereocenters. The summed E-state index contributed by atoms with van der Waals surface area (Å²) in [5.41, 5.74) is 7.19. The summed E-state index contributed by atoms with van der Waals surface area (Å²) in [5.74, 6) is 0.605. The molecule has 3 N–H and O–H groups in total. The minimum absolute atomic E-state index is 0.0499. The van der Waals surface area contributed by atoms with Gasteiger partial charge in [0.15, 0.2) is 0 Å². The van der Waals surface area contributed by atoms with Crippen molar-refractivity contribution in [1.29, 1.82) is 0 Å². The van der Waals surface area contributed by atoms with E-state index in [-0.39, 0.29) is 11.5 Å². The number of H-pyrrole nitrogens is 1. The van der Waals surface area contributed by atoms with Crippen molar-refractivity contribution in [2.75, 3.05) is 5.73 Å². The van der Waals surface area contributed by atoms with Crippen LogP contribution in [0.2, 0.25) is 0 Å². The van der Waals surface area contributed by atoms with Crippen LogP contribution in [0.5, 0.6) is 0 Å². The zero-order valence-electron chi connectivity index (χ0n) is 8.86. The van der Waals surface area contributed by atoms with Crippen LogP contribution >= 0.6 is 0 Å². The Morgan fingerprint density at radius 3 is 2.88 bits per heavy atom. The van der Waals surface area contributed by atoms with Crippen molar-refractivity contribution < 1.29 is 0 Å². The van der Waals surface area contributed by atoms with Crippen molar-refractivity contribution in [3.63, 3.8) is 0 Å². The second-order valence-corrected chi connectivity index (χ2v) is 4.15. The minimum Gasteiger partial charge on any atom is -0.368 e. The number of nitrogen functional groups attached to an aromatic ring is 1. The molecule has 6 nitrogen and oxygen atoms in total. The van der Waals surface area contributed by atoms with E-state index in [1.54, 1.807) is 0 Å². The van der Waals surface area contributed by atoms with Crippen molar-refractivity contribution in [3.05, 3.63) is 21.6 Å². The van der Waals surface area contributed by atoms with Crippen molar-refractivity contribution in [2.24, 2.45) is 0 Å². The smallest absolute Gasteiger partial charge is 0.277 e. The van der Waals surface area contributed by atoms with Crippen LogP contribution in [0.3, 0.4) is 0 Å². The first-order chi connectivity index (χ1) is 7.75. The molecular weight excluding hydrogens is 206 g/mol. The van der Waals surface area contributed by atoms with E-state index in [0.29, 0.717) is 5.78 Å². The predicted molar refractivity (Wildman–Crippen MR) is 59.3 cm³/mol. The molecule has 6 heteroatoms. The van der Waals surface area contributed by atoms with Gasteiger partial charge >= 0.3 is 0 Å². The lowest BCUT2D eigenvalue weighted by Crippen LogP contribution is -2.22. The SMILES string of the molecule is Nc1nc2nc3c(c(=O)n2[nH]1)CCCCC3. The van der Waals surface area contributed by atoms with Crippen molar-refractivity contribution in [1.82, 2.24) is 19.6 Å². The maximum Gasteiger partial charge on any atom is 0.277 e. The average molecular weight is 219 g/mol. The first-order valence-electron chi connectivity index (χ1n) is 5.52. The second kappa shape index (κ2) is 3.33. The molecule has 0 fully saturated rings. The zero-order chi connectivity index (χ0) is 11.1. The minimum atomic E-state index is -0.0499. The molecule has 0 saturated carbocycles. The summed E-state index contributed by atoms with van der Waals surface area (Å²) >= 11 is 0. The summed E-state index contributed by atoms with van der Waals surface area (Å²) in [7, 11) is 0. The van der Waals surface area contributed by atoms with Gasteiger partial charge in [0.25, 0.3) is 11.3 Å². The molecule has 0 unspecified atom stereocenters. The molecule has 0 spiro atoms. The lowest BCUT2D eigenvalue weighted by atomic mass is 10.1. The number of anilines is 1. The molecule has 2 aromatic rings. The van der Waals surface area contributed by atoms with E-state index in [0.717, 1.165) is 43.4 Å². The predicted octanol–water partition coefficient (Wildman–Crippen LogP) is 0.269. The average Bonchev–Trinajstić information content (AvgIpc) is 2.48. The number of rotatable bonds is 0. The molecule has 1 aliphatic carbocycles. The third-order valence-corrected chi connectivity index (χ3v) is 3.03. The molecule has 0 amide bonds. The Balaban J connectivity index is 2.33. The Kier molecular flexibility index (Phi) is 1.95. The summed E-state index contributed by atoms with van der Waals surface area (Å²) < 4.78 is 1.33. The van der Waals surface area contributed by atoms with Crippen LogP contribution in [0.15, 0.2) is 4.79 Å². The first kappa shape index (κ1) is 9.38. The highest BCUT2D eigenvalue weighted by Crippen LogP contribution is 2.16. The van der Waals surface area contributed by atoms with Crippen molar-refractivity contribution in [3.8, 4) is 0 Å². The highest BCUT2D eigenvalue weighted by molar-refractivity contribution is 5.37. The third-order valence-electron chi connectivity index (χ3n) is 3.03. The molecule has 16 heavy (non-hydrogen) atoms. The number of hydrogen-bond acceptors (Lipinski definition) is 4. The Morgan fingerprint density at radius 1 is 1.19 bits per heavy atom. The molecule has 0 aromatic carbocycles. The maximum atomic E-state index is 12.1. The van der Waals surface area contributed by atoms with E-state index >= 15 is 0 Å². The van der Waals surface area contributed by atoms with Crippen LogP contribution in [0.1, 0.15) is 30.5 Å². The van der Waals surface area contributed by atoms with E-state index < -0.39 is 0 Å². The summed E-state index contributed by atoms with van der Waals surface area (Å²) in [4.78, 5) is 20.5. The molecule has 3 rings (SSSR count). The summed E-state index contributed by atoms with van der Waals surface area (Å²) in [6, 6.07) is 0. The van der Waals surface area contributed by atoms with Gasteiger partial charge in [-0.05, 0) is 25.7 Å². The quantitative estimate of drug-likeness (QED) is 0.622. The Morgan fingerprint density at radius 2 is 2.00 bits per heavy atom. The molecule has 0 saturated heterocycles. The van der Waals surface area contributed by atoms with Crippen LogP contribution in [0.4, 0.5) is 5.95 Å². The molecule has 0 bridgehead atoms. The van der Waals surface area contributed by atoms with E-state index in [2.05, 4.69) is 15.1 Å². The largest absolute Gasteiger partial charge is 0.368 e. The number of aromatic nitrogens is 4. The Hall–Kier alpha value is -1.85. The molecule has 84 valence electrons. The van der Waals surface area contributed by atoms with Crippen molar-refractivity contribution >= 4 is 11.7 Å². The van der Waals surface area contributed by atoms with Gasteiger partial charge in [-0.15, -0.1) is 0 Å². The number of aromatic amines is 1. The summed E-state index contributed by atoms with van der Waals surface area (Å²) in [6.07, 6.45) is 4.98. The van der Waals surface area contributed by atoms with Gasteiger partial charge in [0.1, 0.15) is 0 Å². The monoisotopic (exact) mass is 219 g/mol.